The number of non-ortho nitro benzene ring substituents is 1. The van der Waals surface area contributed by atoms with E-state index in [4.69, 9.17) is 9.47 Å². The van der Waals surface area contributed by atoms with E-state index in [1.54, 1.807) is 32.5 Å². The van der Waals surface area contributed by atoms with Gasteiger partial charge in [-0.05, 0) is 24.3 Å². The van der Waals surface area contributed by atoms with Gasteiger partial charge in [0.25, 0.3) is 5.69 Å². The summed E-state index contributed by atoms with van der Waals surface area (Å²) in [5.74, 6) is 1.22. The average Bonchev–Trinajstić information content (AvgIpc) is 2.65. The lowest BCUT2D eigenvalue weighted by Gasteiger charge is -2.21. The number of hydrogen-bond acceptors (Lipinski definition) is 6. The average molecular weight is 339 g/mol. The van der Waals surface area contributed by atoms with Crippen LogP contribution in [0, 0.1) is 10.1 Å². The van der Waals surface area contributed by atoms with E-state index >= 15 is 0 Å². The van der Waals surface area contributed by atoms with Gasteiger partial charge < -0.3 is 14.4 Å². The molecule has 2 aromatic carbocycles. The highest BCUT2D eigenvalue weighted by atomic mass is 16.6. The maximum absolute atomic E-state index is 10.8. The number of anilines is 2. The molecule has 128 valence electrons. The minimum atomic E-state index is -0.414. The van der Waals surface area contributed by atoms with E-state index in [2.05, 4.69) is 4.98 Å². The summed E-state index contributed by atoms with van der Waals surface area (Å²) < 4.78 is 10.7. The Kier molecular flexibility index (Phi) is 4.38. The molecule has 0 bridgehead atoms. The molecule has 0 aliphatic carbocycles. The Balaban J connectivity index is 2.09. The highest BCUT2D eigenvalue weighted by Gasteiger charge is 2.14. The first-order chi connectivity index (χ1) is 12.0. The predicted octanol–water partition coefficient (Wildman–Crippen LogP) is 3.93. The van der Waals surface area contributed by atoms with Gasteiger partial charge in [0.2, 0.25) is 0 Å². The first kappa shape index (κ1) is 16.5. The lowest BCUT2D eigenvalue weighted by Crippen LogP contribution is -2.10. The fourth-order valence-corrected chi connectivity index (χ4v) is 2.69. The van der Waals surface area contributed by atoms with Crippen LogP contribution in [0.2, 0.25) is 0 Å². The van der Waals surface area contributed by atoms with Gasteiger partial charge in [-0.3, -0.25) is 15.1 Å². The quantitative estimate of drug-likeness (QED) is 0.518. The number of hydrogen-bond donors (Lipinski definition) is 0. The van der Waals surface area contributed by atoms with E-state index in [0.29, 0.717) is 11.5 Å². The number of fused-ring (bicyclic) bond motifs is 1. The lowest BCUT2D eigenvalue weighted by atomic mass is 10.1. The zero-order chi connectivity index (χ0) is 18.0. The van der Waals surface area contributed by atoms with E-state index in [1.807, 2.05) is 30.1 Å². The Morgan fingerprint density at radius 3 is 2.28 bits per heavy atom. The molecule has 1 heterocycles. The molecule has 7 nitrogen and oxygen atoms in total. The summed E-state index contributed by atoms with van der Waals surface area (Å²) in [6.45, 7) is 0. The molecule has 1 aromatic heterocycles. The molecule has 0 unspecified atom stereocenters. The molecule has 3 aromatic rings. The number of benzene rings is 2. The number of aromatic nitrogens is 1. The molecule has 7 heteroatoms. The van der Waals surface area contributed by atoms with Crippen molar-refractivity contribution in [2.75, 3.05) is 26.2 Å². The Labute approximate surface area is 144 Å². The molecule has 0 aliphatic heterocycles. The van der Waals surface area contributed by atoms with Crippen LogP contribution in [0.4, 0.5) is 17.1 Å². The van der Waals surface area contributed by atoms with Crippen molar-refractivity contribution in [3.8, 4) is 11.5 Å². The molecule has 3 rings (SSSR count). The summed E-state index contributed by atoms with van der Waals surface area (Å²) in [6, 6.07) is 12.0. The largest absolute Gasteiger partial charge is 0.493 e. The van der Waals surface area contributed by atoms with Gasteiger partial charge >= 0.3 is 0 Å². The molecule has 0 saturated carbocycles. The van der Waals surface area contributed by atoms with Crippen molar-refractivity contribution < 1.29 is 14.4 Å². The second kappa shape index (κ2) is 6.64. The van der Waals surface area contributed by atoms with Gasteiger partial charge in [0.05, 0.1) is 30.3 Å². The van der Waals surface area contributed by atoms with Crippen LogP contribution < -0.4 is 14.4 Å². The maximum atomic E-state index is 10.8. The van der Waals surface area contributed by atoms with Crippen molar-refractivity contribution >= 4 is 28.0 Å². The highest BCUT2D eigenvalue weighted by molar-refractivity contribution is 5.95. The second-order valence-electron chi connectivity index (χ2n) is 5.39. The van der Waals surface area contributed by atoms with Gasteiger partial charge in [-0.1, -0.05) is 0 Å². The molecule has 0 radical (unpaired) electrons. The summed E-state index contributed by atoms with van der Waals surface area (Å²) in [6.07, 6.45) is 1.71. The lowest BCUT2D eigenvalue weighted by molar-refractivity contribution is -0.384. The molecule has 0 spiro atoms. The molecule has 0 N–H and O–H groups in total. The summed E-state index contributed by atoms with van der Waals surface area (Å²) >= 11 is 0. The van der Waals surface area contributed by atoms with Crippen molar-refractivity contribution in [1.29, 1.82) is 0 Å². The van der Waals surface area contributed by atoms with Crippen molar-refractivity contribution in [1.82, 2.24) is 4.98 Å². The van der Waals surface area contributed by atoms with Crippen LogP contribution in [-0.4, -0.2) is 31.2 Å². The number of methoxy groups -OCH3 is 2. The van der Waals surface area contributed by atoms with Crippen LogP contribution in [0.1, 0.15) is 0 Å². The number of nitrogens with zero attached hydrogens (tertiary/aromatic N) is 3. The van der Waals surface area contributed by atoms with E-state index in [9.17, 15) is 10.1 Å². The second-order valence-corrected chi connectivity index (χ2v) is 5.39. The van der Waals surface area contributed by atoms with E-state index in [0.717, 1.165) is 22.3 Å². The van der Waals surface area contributed by atoms with E-state index in [1.165, 1.54) is 12.1 Å². The molecule has 0 saturated heterocycles. The zero-order valence-corrected chi connectivity index (χ0v) is 14.1. The van der Waals surface area contributed by atoms with Crippen LogP contribution in [0.15, 0.2) is 48.7 Å². The molecular weight excluding hydrogens is 322 g/mol. The van der Waals surface area contributed by atoms with Crippen molar-refractivity contribution in [2.24, 2.45) is 0 Å². The van der Waals surface area contributed by atoms with E-state index in [-0.39, 0.29) is 5.69 Å². The number of nitro benzene ring substituents is 1. The predicted molar refractivity (Wildman–Crippen MR) is 96.0 cm³/mol. The summed E-state index contributed by atoms with van der Waals surface area (Å²) in [5, 5.41) is 11.7. The van der Waals surface area contributed by atoms with Gasteiger partial charge in [-0.2, -0.15) is 0 Å². The third-order valence-electron chi connectivity index (χ3n) is 4.03. The minimum Gasteiger partial charge on any atom is -0.493 e. The van der Waals surface area contributed by atoms with Crippen molar-refractivity contribution in [3.05, 3.63) is 58.8 Å². The Morgan fingerprint density at radius 2 is 1.68 bits per heavy atom. The summed E-state index contributed by atoms with van der Waals surface area (Å²) in [5.41, 5.74) is 2.56. The summed E-state index contributed by atoms with van der Waals surface area (Å²) in [7, 11) is 5.06. The van der Waals surface area contributed by atoms with Gasteiger partial charge in [0.15, 0.2) is 11.5 Å². The van der Waals surface area contributed by atoms with Crippen molar-refractivity contribution in [2.45, 2.75) is 0 Å². The van der Waals surface area contributed by atoms with Crippen LogP contribution in [-0.2, 0) is 0 Å². The Hall–Kier alpha value is -3.35. The van der Waals surface area contributed by atoms with Gasteiger partial charge in [-0.15, -0.1) is 0 Å². The number of pyridine rings is 1. The third kappa shape index (κ3) is 3.03. The van der Waals surface area contributed by atoms with Crippen LogP contribution in [0.3, 0.4) is 0 Å². The minimum absolute atomic E-state index is 0.0585. The molecule has 0 amide bonds. The standard InChI is InChI=1S/C18H17N3O4/c1-20(12-4-6-13(7-5-12)21(22)23)16-8-9-19-15-11-18(25-3)17(24-2)10-14(15)16/h4-11H,1-3H3. The van der Waals surface area contributed by atoms with Gasteiger partial charge in [0.1, 0.15) is 0 Å². The highest BCUT2D eigenvalue weighted by Crippen LogP contribution is 2.37. The van der Waals surface area contributed by atoms with Gasteiger partial charge in [-0.25, -0.2) is 0 Å². The first-order valence-corrected chi connectivity index (χ1v) is 7.54. The van der Waals surface area contributed by atoms with Crippen LogP contribution in [0.5, 0.6) is 11.5 Å². The maximum Gasteiger partial charge on any atom is 0.269 e. The molecule has 0 atom stereocenters. The smallest absolute Gasteiger partial charge is 0.269 e. The fourth-order valence-electron chi connectivity index (χ4n) is 2.69. The fraction of sp³-hybridized carbons (Fsp3) is 0.167. The molecule has 0 fully saturated rings. The SMILES string of the molecule is COc1cc2nccc(N(C)c3ccc([N+](=O)[O-])cc3)c2cc1OC. The third-order valence-corrected chi connectivity index (χ3v) is 4.03. The number of rotatable bonds is 5. The van der Waals surface area contributed by atoms with Crippen LogP contribution >= 0.6 is 0 Å². The normalized spacial score (nSPS) is 10.5. The number of nitro groups is 1. The Bertz CT molecular complexity index is 926. The summed E-state index contributed by atoms with van der Waals surface area (Å²) in [4.78, 5) is 16.7. The number of ether oxygens (including phenoxy) is 2. The monoisotopic (exact) mass is 339 g/mol. The molecule has 0 aliphatic rings. The van der Waals surface area contributed by atoms with E-state index < -0.39 is 4.92 Å². The molecular formula is C18H17N3O4. The Morgan fingerprint density at radius 1 is 1.04 bits per heavy atom. The van der Waals surface area contributed by atoms with Crippen LogP contribution in [0.25, 0.3) is 10.9 Å². The topological polar surface area (TPSA) is 77.7 Å². The zero-order valence-electron chi connectivity index (χ0n) is 14.1. The molecule has 25 heavy (non-hydrogen) atoms. The van der Waals surface area contributed by atoms with Gasteiger partial charge in [0, 0.05) is 42.5 Å². The van der Waals surface area contributed by atoms with Crippen molar-refractivity contribution in [3.63, 3.8) is 0 Å². The first-order valence-electron chi connectivity index (χ1n) is 7.54.